The van der Waals surface area contributed by atoms with Crippen molar-refractivity contribution in [2.45, 2.75) is 32.7 Å². The number of carbonyl (C=O) groups excluding carboxylic acids is 1. The summed E-state index contributed by atoms with van der Waals surface area (Å²) in [5.41, 5.74) is 5.12. The largest absolute Gasteiger partial charge is 0.465 e. The van der Waals surface area contributed by atoms with Gasteiger partial charge in [0.2, 0.25) is 0 Å². The molecule has 5 nitrogen and oxygen atoms in total. The molecule has 0 fully saturated rings. The van der Waals surface area contributed by atoms with Crippen LogP contribution in [0.25, 0.3) is 5.69 Å². The summed E-state index contributed by atoms with van der Waals surface area (Å²) in [5.74, 6) is 0.0484. The van der Waals surface area contributed by atoms with Gasteiger partial charge in [0, 0.05) is 25.1 Å². The van der Waals surface area contributed by atoms with Crippen LogP contribution < -0.4 is 5.32 Å². The zero-order chi connectivity index (χ0) is 15.7. The minimum Gasteiger partial charge on any atom is -0.465 e. The summed E-state index contributed by atoms with van der Waals surface area (Å²) in [7, 11) is 1.40. The number of ether oxygens (including phenoxy) is 1. The lowest BCUT2D eigenvalue weighted by Gasteiger charge is -2.16. The van der Waals surface area contributed by atoms with Crippen molar-refractivity contribution < 1.29 is 9.53 Å². The molecular formula is C17H21N3O2. The van der Waals surface area contributed by atoms with E-state index in [1.807, 2.05) is 22.9 Å². The van der Waals surface area contributed by atoms with Gasteiger partial charge in [-0.25, -0.2) is 9.48 Å². The maximum absolute atomic E-state index is 11.7. The maximum Gasteiger partial charge on any atom is 0.337 e. The summed E-state index contributed by atoms with van der Waals surface area (Å²) in [6, 6.07) is 7.44. The Morgan fingerprint density at radius 1 is 1.41 bits per heavy atom. The second-order valence-electron chi connectivity index (χ2n) is 5.85. The Morgan fingerprint density at radius 2 is 2.23 bits per heavy atom. The van der Waals surface area contributed by atoms with Crippen molar-refractivity contribution in [3.05, 3.63) is 46.8 Å². The van der Waals surface area contributed by atoms with E-state index in [0.29, 0.717) is 11.5 Å². The molecule has 1 aliphatic heterocycles. The maximum atomic E-state index is 11.7. The van der Waals surface area contributed by atoms with Gasteiger partial charge in [-0.3, -0.25) is 0 Å². The number of aromatic nitrogens is 2. The highest BCUT2D eigenvalue weighted by molar-refractivity contribution is 5.89. The summed E-state index contributed by atoms with van der Waals surface area (Å²) < 4.78 is 6.79. The molecule has 0 saturated heterocycles. The molecule has 0 spiro atoms. The third-order valence-corrected chi connectivity index (χ3v) is 4.02. The van der Waals surface area contributed by atoms with Crippen LogP contribution >= 0.6 is 0 Å². The highest BCUT2D eigenvalue weighted by Gasteiger charge is 2.23. The second kappa shape index (κ2) is 5.93. The zero-order valence-corrected chi connectivity index (χ0v) is 13.2. The van der Waals surface area contributed by atoms with Crippen molar-refractivity contribution in [2.24, 2.45) is 0 Å². The lowest BCUT2D eigenvalue weighted by Crippen LogP contribution is -2.25. The van der Waals surface area contributed by atoms with Gasteiger partial charge < -0.3 is 10.1 Å². The minimum atomic E-state index is -0.325. The summed E-state index contributed by atoms with van der Waals surface area (Å²) in [6.45, 7) is 6.13. The van der Waals surface area contributed by atoms with E-state index < -0.39 is 0 Å². The summed E-state index contributed by atoms with van der Waals surface area (Å²) in [4.78, 5) is 11.7. The monoisotopic (exact) mass is 299 g/mol. The number of carbonyl (C=O) groups is 1. The van der Waals surface area contributed by atoms with Crippen molar-refractivity contribution in [3.63, 3.8) is 0 Å². The third kappa shape index (κ3) is 2.52. The first-order valence-electron chi connectivity index (χ1n) is 7.62. The predicted molar refractivity (Wildman–Crippen MR) is 84.4 cm³/mol. The quantitative estimate of drug-likeness (QED) is 0.884. The van der Waals surface area contributed by atoms with E-state index in [0.717, 1.165) is 30.9 Å². The van der Waals surface area contributed by atoms with E-state index in [4.69, 9.17) is 9.84 Å². The van der Waals surface area contributed by atoms with Gasteiger partial charge in [0.15, 0.2) is 0 Å². The molecule has 0 atom stereocenters. The Morgan fingerprint density at radius 3 is 2.95 bits per heavy atom. The van der Waals surface area contributed by atoms with Crippen LogP contribution in [0.15, 0.2) is 24.3 Å². The van der Waals surface area contributed by atoms with Gasteiger partial charge in [0.25, 0.3) is 0 Å². The average molecular weight is 299 g/mol. The highest BCUT2D eigenvalue weighted by atomic mass is 16.5. The first-order chi connectivity index (χ1) is 10.6. The molecular weight excluding hydrogens is 278 g/mol. The van der Waals surface area contributed by atoms with Gasteiger partial charge in [-0.2, -0.15) is 5.10 Å². The van der Waals surface area contributed by atoms with Crippen LogP contribution in [0.3, 0.4) is 0 Å². The molecule has 5 heteroatoms. The normalized spacial score (nSPS) is 14.0. The van der Waals surface area contributed by atoms with Crippen molar-refractivity contribution in [1.82, 2.24) is 15.1 Å². The standard InChI is InChI=1S/C17H21N3O2/c1-11(2)16-14-10-18-8-7-15(14)20(19-16)13-6-4-5-12(9-13)17(21)22-3/h4-6,9,11,18H,7-8,10H2,1-3H3. The van der Waals surface area contributed by atoms with E-state index in [9.17, 15) is 4.79 Å². The first-order valence-corrected chi connectivity index (χ1v) is 7.62. The van der Waals surface area contributed by atoms with Crippen molar-refractivity contribution in [1.29, 1.82) is 0 Å². The molecule has 1 aliphatic rings. The smallest absolute Gasteiger partial charge is 0.337 e. The molecule has 0 unspecified atom stereocenters. The molecule has 0 amide bonds. The Labute approximate surface area is 130 Å². The number of esters is 1. The Bertz CT molecular complexity index is 704. The summed E-state index contributed by atoms with van der Waals surface area (Å²) >= 11 is 0. The number of rotatable bonds is 3. The van der Waals surface area contributed by atoms with Crippen molar-refractivity contribution in [3.8, 4) is 5.69 Å². The molecule has 0 saturated carbocycles. The molecule has 1 aromatic heterocycles. The summed E-state index contributed by atoms with van der Waals surface area (Å²) in [6.07, 6.45) is 0.942. The van der Waals surface area contributed by atoms with Gasteiger partial charge in [0.1, 0.15) is 0 Å². The van der Waals surface area contributed by atoms with Crippen LogP contribution in [0.4, 0.5) is 0 Å². The van der Waals surface area contributed by atoms with Crippen LogP contribution in [-0.2, 0) is 17.7 Å². The van der Waals surface area contributed by atoms with Crippen LogP contribution in [-0.4, -0.2) is 29.4 Å². The molecule has 22 heavy (non-hydrogen) atoms. The van der Waals surface area contributed by atoms with Crippen LogP contribution in [0.5, 0.6) is 0 Å². The minimum absolute atomic E-state index is 0.325. The Hall–Kier alpha value is -2.14. The van der Waals surface area contributed by atoms with Gasteiger partial charge in [-0.1, -0.05) is 19.9 Å². The lowest BCUT2D eigenvalue weighted by molar-refractivity contribution is 0.0600. The third-order valence-electron chi connectivity index (χ3n) is 4.02. The number of hydrogen-bond donors (Lipinski definition) is 1. The zero-order valence-electron chi connectivity index (χ0n) is 13.2. The number of nitrogens with zero attached hydrogens (tertiary/aromatic N) is 2. The molecule has 2 heterocycles. The summed E-state index contributed by atoms with van der Waals surface area (Å²) in [5, 5.41) is 8.22. The van der Waals surface area contributed by atoms with Crippen LogP contribution in [0.2, 0.25) is 0 Å². The first kappa shape index (κ1) is 14.8. The van der Waals surface area contributed by atoms with E-state index in [2.05, 4.69) is 19.2 Å². The molecule has 0 aliphatic carbocycles. The molecule has 1 N–H and O–H groups in total. The SMILES string of the molecule is COC(=O)c1cccc(-n2nc(C(C)C)c3c2CCNC3)c1. The fourth-order valence-corrected chi connectivity index (χ4v) is 2.93. The fourth-order valence-electron chi connectivity index (χ4n) is 2.93. The van der Waals surface area contributed by atoms with Gasteiger partial charge in [-0.05, 0) is 24.1 Å². The number of fused-ring (bicyclic) bond motifs is 1. The molecule has 116 valence electrons. The topological polar surface area (TPSA) is 56.2 Å². The Balaban J connectivity index is 2.10. The average Bonchev–Trinajstić information content (AvgIpc) is 2.94. The van der Waals surface area contributed by atoms with Crippen LogP contribution in [0.1, 0.15) is 47.1 Å². The van der Waals surface area contributed by atoms with Gasteiger partial charge >= 0.3 is 5.97 Å². The van der Waals surface area contributed by atoms with Gasteiger partial charge in [-0.15, -0.1) is 0 Å². The number of benzene rings is 1. The van der Waals surface area contributed by atoms with E-state index >= 15 is 0 Å². The molecule has 0 radical (unpaired) electrons. The van der Waals surface area contributed by atoms with Crippen molar-refractivity contribution in [2.75, 3.05) is 13.7 Å². The van der Waals surface area contributed by atoms with E-state index in [-0.39, 0.29) is 5.97 Å². The fraction of sp³-hybridized carbons (Fsp3) is 0.412. The molecule has 1 aromatic carbocycles. The number of methoxy groups -OCH3 is 1. The molecule has 2 aromatic rings. The lowest BCUT2D eigenvalue weighted by atomic mass is 10.0. The Kier molecular flexibility index (Phi) is 3.98. The predicted octanol–water partition coefficient (Wildman–Crippen LogP) is 2.43. The second-order valence-corrected chi connectivity index (χ2v) is 5.85. The van der Waals surface area contributed by atoms with E-state index in [1.165, 1.54) is 18.4 Å². The van der Waals surface area contributed by atoms with Gasteiger partial charge in [0.05, 0.1) is 29.7 Å². The molecule has 0 bridgehead atoms. The van der Waals surface area contributed by atoms with Crippen LogP contribution in [0, 0.1) is 0 Å². The molecule has 3 rings (SSSR count). The van der Waals surface area contributed by atoms with Crippen molar-refractivity contribution >= 4 is 5.97 Å². The van der Waals surface area contributed by atoms with E-state index in [1.54, 1.807) is 6.07 Å². The highest BCUT2D eigenvalue weighted by Crippen LogP contribution is 2.27. The number of hydrogen-bond acceptors (Lipinski definition) is 4. The number of nitrogens with one attached hydrogen (secondary N) is 1.